The summed E-state index contributed by atoms with van der Waals surface area (Å²) in [5, 5.41) is 0. The first kappa shape index (κ1) is 16.6. The van der Waals surface area contributed by atoms with Gasteiger partial charge in [0, 0.05) is 0 Å². The summed E-state index contributed by atoms with van der Waals surface area (Å²) in [7, 11) is -1.55. The third-order valence-electron chi connectivity index (χ3n) is 2.08. The van der Waals surface area contributed by atoms with Crippen molar-refractivity contribution in [3.63, 3.8) is 0 Å². The van der Waals surface area contributed by atoms with Gasteiger partial charge in [0.25, 0.3) is 0 Å². The van der Waals surface area contributed by atoms with E-state index in [2.05, 4.69) is 6.92 Å². The van der Waals surface area contributed by atoms with E-state index in [1.54, 1.807) is 0 Å². The van der Waals surface area contributed by atoms with E-state index in [0.717, 1.165) is 25.7 Å². The summed E-state index contributed by atoms with van der Waals surface area (Å²) in [6, 6.07) is 0. The number of carbonyl (C=O) groups is 1. The molecule has 0 aromatic rings. The number of ether oxygens (including phenoxy) is 2. The second kappa shape index (κ2) is 12.0. The molecule has 0 saturated carbocycles. The van der Waals surface area contributed by atoms with Crippen molar-refractivity contribution in [2.24, 2.45) is 0 Å². The molecule has 0 aliphatic rings. The molecule has 0 saturated heterocycles. The Morgan fingerprint density at radius 2 is 1.88 bits per heavy atom. The Morgan fingerprint density at radius 3 is 2.53 bits per heavy atom. The Kier molecular flexibility index (Phi) is 11.7. The molecular formula is C12H23O4P. The quantitative estimate of drug-likeness (QED) is 0.343. The molecule has 0 aromatic heterocycles. The van der Waals surface area contributed by atoms with Crippen LogP contribution >= 0.6 is 7.77 Å². The highest BCUT2D eigenvalue weighted by molar-refractivity contribution is 7.49. The molecule has 0 fully saturated rings. The summed E-state index contributed by atoms with van der Waals surface area (Å²) in [5.41, 5.74) is 0. The SMILES string of the molecule is CCCCOC[P+]([O-])=CCC(=O)OCCCC. The van der Waals surface area contributed by atoms with Crippen molar-refractivity contribution >= 4 is 19.5 Å². The van der Waals surface area contributed by atoms with Crippen molar-refractivity contribution < 1.29 is 19.2 Å². The number of carbonyl (C=O) groups excluding carboxylic acids is 1. The molecule has 5 heteroatoms. The Hall–Kier alpha value is -0.440. The van der Waals surface area contributed by atoms with Gasteiger partial charge in [-0.05, 0) is 12.8 Å². The average molecular weight is 262 g/mol. The summed E-state index contributed by atoms with van der Waals surface area (Å²) < 4.78 is 10.1. The molecule has 17 heavy (non-hydrogen) atoms. The van der Waals surface area contributed by atoms with Gasteiger partial charge >= 0.3 is 5.97 Å². The number of hydrogen-bond donors (Lipinski definition) is 0. The van der Waals surface area contributed by atoms with Crippen LogP contribution in [0.4, 0.5) is 0 Å². The molecule has 0 aliphatic carbocycles. The van der Waals surface area contributed by atoms with E-state index >= 15 is 0 Å². The minimum absolute atomic E-state index is 0.107. The molecule has 1 atom stereocenters. The fourth-order valence-electron chi connectivity index (χ4n) is 1.02. The normalized spacial score (nSPS) is 11.6. The zero-order valence-corrected chi connectivity index (χ0v) is 11.7. The highest BCUT2D eigenvalue weighted by atomic mass is 31.1. The molecule has 0 aromatic carbocycles. The Bertz CT molecular complexity index is 229. The lowest BCUT2D eigenvalue weighted by Crippen LogP contribution is -2.07. The summed E-state index contributed by atoms with van der Waals surface area (Å²) in [6.45, 7) is 5.19. The molecule has 0 amide bonds. The van der Waals surface area contributed by atoms with Crippen LogP contribution in [0.2, 0.25) is 0 Å². The van der Waals surface area contributed by atoms with Gasteiger partial charge in [0.15, 0.2) is 0 Å². The Labute approximate surface area is 105 Å². The van der Waals surface area contributed by atoms with Gasteiger partial charge in [-0.1, -0.05) is 26.7 Å². The van der Waals surface area contributed by atoms with Crippen molar-refractivity contribution in [1.82, 2.24) is 0 Å². The lowest BCUT2D eigenvalue weighted by molar-refractivity contribution is -0.157. The minimum Gasteiger partial charge on any atom is -0.629 e. The van der Waals surface area contributed by atoms with Crippen LogP contribution in [0.5, 0.6) is 0 Å². The lowest BCUT2D eigenvalue weighted by Gasteiger charge is -2.02. The van der Waals surface area contributed by atoms with Crippen LogP contribution < -0.4 is 4.89 Å². The first-order valence-electron chi connectivity index (χ1n) is 6.21. The molecule has 0 N–H and O–H groups in total. The van der Waals surface area contributed by atoms with Gasteiger partial charge in [0.2, 0.25) is 6.35 Å². The van der Waals surface area contributed by atoms with E-state index in [0.29, 0.717) is 13.2 Å². The molecule has 4 nitrogen and oxygen atoms in total. The molecule has 0 spiro atoms. The maximum absolute atomic E-state index is 11.4. The molecule has 0 bridgehead atoms. The summed E-state index contributed by atoms with van der Waals surface area (Å²) >= 11 is 0. The maximum atomic E-state index is 11.4. The molecule has 0 rings (SSSR count). The fourth-order valence-corrected chi connectivity index (χ4v) is 1.79. The van der Waals surface area contributed by atoms with Gasteiger partial charge in [-0.15, -0.1) is 0 Å². The highest BCUT2D eigenvalue weighted by Crippen LogP contribution is 2.10. The summed E-state index contributed by atoms with van der Waals surface area (Å²) in [5.74, 6) is 1.17. The number of rotatable bonds is 10. The van der Waals surface area contributed by atoms with Gasteiger partial charge < -0.3 is 14.4 Å². The van der Waals surface area contributed by atoms with Crippen LogP contribution in [-0.2, 0) is 14.3 Å². The number of hydrogen-bond acceptors (Lipinski definition) is 4. The lowest BCUT2D eigenvalue weighted by atomic mass is 10.4. The van der Waals surface area contributed by atoms with E-state index in [9.17, 15) is 9.69 Å². The number of esters is 1. The van der Waals surface area contributed by atoms with Crippen molar-refractivity contribution in [1.29, 1.82) is 0 Å². The van der Waals surface area contributed by atoms with Gasteiger partial charge in [-0.2, -0.15) is 0 Å². The first-order chi connectivity index (χ1) is 8.20. The van der Waals surface area contributed by atoms with Gasteiger partial charge in [-0.25, -0.2) is 0 Å². The predicted octanol–water partition coefficient (Wildman–Crippen LogP) is 2.05. The van der Waals surface area contributed by atoms with Crippen LogP contribution in [0.15, 0.2) is 0 Å². The first-order valence-corrected chi connectivity index (χ1v) is 7.72. The second-order valence-corrected chi connectivity index (χ2v) is 5.23. The standard InChI is InChI=1S/C12H23O4P/c1-3-5-8-15-11-17(14)10-7-12(13)16-9-6-4-2/h10H,3-9,11H2,1-2H3. The molecular weight excluding hydrogens is 239 g/mol. The minimum atomic E-state index is -1.55. The zero-order valence-electron chi connectivity index (χ0n) is 10.8. The van der Waals surface area contributed by atoms with Crippen molar-refractivity contribution in [3.05, 3.63) is 0 Å². The van der Waals surface area contributed by atoms with E-state index < -0.39 is 7.77 Å². The van der Waals surface area contributed by atoms with Crippen molar-refractivity contribution in [2.45, 2.75) is 46.0 Å². The van der Waals surface area contributed by atoms with Crippen molar-refractivity contribution in [3.8, 4) is 0 Å². The molecule has 0 radical (unpaired) electrons. The monoisotopic (exact) mass is 262 g/mol. The maximum Gasteiger partial charge on any atom is 0.313 e. The van der Waals surface area contributed by atoms with E-state index in [-0.39, 0.29) is 18.7 Å². The molecule has 100 valence electrons. The summed E-state index contributed by atoms with van der Waals surface area (Å²) in [4.78, 5) is 22.6. The van der Waals surface area contributed by atoms with Crippen molar-refractivity contribution in [2.75, 3.05) is 19.6 Å². The van der Waals surface area contributed by atoms with Gasteiger partial charge in [0.05, 0.1) is 26.8 Å². The van der Waals surface area contributed by atoms with Crippen LogP contribution in [0.1, 0.15) is 46.0 Å². The second-order valence-electron chi connectivity index (χ2n) is 3.77. The summed E-state index contributed by atoms with van der Waals surface area (Å²) in [6.07, 6.45) is 4.22. The average Bonchev–Trinajstić information content (AvgIpc) is 2.32. The molecule has 1 unspecified atom stereocenters. The van der Waals surface area contributed by atoms with Crippen LogP contribution in [0.3, 0.4) is 0 Å². The van der Waals surface area contributed by atoms with E-state index in [1.807, 2.05) is 6.92 Å². The Morgan fingerprint density at radius 1 is 1.24 bits per heavy atom. The number of unbranched alkanes of at least 4 members (excludes halogenated alkanes) is 2. The molecule has 0 aliphatic heterocycles. The van der Waals surface area contributed by atoms with Crippen LogP contribution in [0, 0.1) is 0 Å². The smallest absolute Gasteiger partial charge is 0.313 e. The van der Waals surface area contributed by atoms with Crippen LogP contribution in [0.25, 0.3) is 0 Å². The largest absolute Gasteiger partial charge is 0.629 e. The van der Waals surface area contributed by atoms with E-state index in [4.69, 9.17) is 9.47 Å². The predicted molar refractivity (Wildman–Crippen MR) is 69.2 cm³/mol. The van der Waals surface area contributed by atoms with E-state index in [1.165, 1.54) is 5.80 Å². The molecule has 0 heterocycles. The Balaban J connectivity index is 3.56. The fraction of sp³-hybridized carbons (Fsp3) is 0.833. The van der Waals surface area contributed by atoms with Gasteiger partial charge in [0.1, 0.15) is 6.42 Å². The zero-order chi connectivity index (χ0) is 12.9. The highest BCUT2D eigenvalue weighted by Gasteiger charge is 2.03. The van der Waals surface area contributed by atoms with Gasteiger partial charge in [-0.3, -0.25) is 4.79 Å². The third-order valence-corrected chi connectivity index (χ3v) is 3.11. The topological polar surface area (TPSA) is 58.6 Å². The van der Waals surface area contributed by atoms with Crippen LogP contribution in [-0.4, -0.2) is 31.3 Å². The third kappa shape index (κ3) is 11.8.